The minimum absolute atomic E-state index is 0.913. The molecular formula is C14H29N. The van der Waals surface area contributed by atoms with Gasteiger partial charge in [0.2, 0.25) is 0 Å². The highest BCUT2D eigenvalue weighted by Crippen LogP contribution is 2.39. The molecule has 2 aliphatic rings. The van der Waals surface area contributed by atoms with Gasteiger partial charge >= 0.3 is 0 Å². The summed E-state index contributed by atoms with van der Waals surface area (Å²) in [6.45, 7) is 9.95. The zero-order valence-electron chi connectivity index (χ0n) is 11.1. The Balaban J connectivity index is 0.000000531. The van der Waals surface area contributed by atoms with Crippen LogP contribution in [0, 0.1) is 5.92 Å². The Morgan fingerprint density at radius 2 is 1.67 bits per heavy atom. The van der Waals surface area contributed by atoms with Crippen LogP contribution in [0.25, 0.3) is 0 Å². The molecular weight excluding hydrogens is 182 g/mol. The SMILES string of the molecule is CC.CCC1CCC(C2CCC2)N1CC. The maximum Gasteiger partial charge on any atom is 0.0127 e. The van der Waals surface area contributed by atoms with Crippen molar-refractivity contribution >= 4 is 0 Å². The van der Waals surface area contributed by atoms with E-state index < -0.39 is 0 Å². The van der Waals surface area contributed by atoms with Crippen LogP contribution < -0.4 is 0 Å². The lowest BCUT2D eigenvalue weighted by molar-refractivity contribution is 0.107. The van der Waals surface area contributed by atoms with Crippen molar-refractivity contribution in [1.29, 1.82) is 0 Å². The topological polar surface area (TPSA) is 3.24 Å². The molecule has 1 aliphatic carbocycles. The van der Waals surface area contributed by atoms with Crippen LogP contribution in [0.15, 0.2) is 0 Å². The first-order valence-corrected chi connectivity index (χ1v) is 7.12. The van der Waals surface area contributed by atoms with Gasteiger partial charge in [-0.05, 0) is 44.6 Å². The van der Waals surface area contributed by atoms with Crippen LogP contribution in [-0.4, -0.2) is 23.5 Å². The predicted molar refractivity (Wildman–Crippen MR) is 68.2 cm³/mol. The predicted octanol–water partition coefficient (Wildman–Crippen LogP) is 4.08. The molecule has 2 rings (SSSR count). The van der Waals surface area contributed by atoms with E-state index in [1.807, 2.05) is 13.8 Å². The Hall–Kier alpha value is -0.0400. The van der Waals surface area contributed by atoms with Crippen molar-refractivity contribution in [3.05, 3.63) is 0 Å². The van der Waals surface area contributed by atoms with Gasteiger partial charge in [-0.1, -0.05) is 34.1 Å². The second-order valence-electron chi connectivity index (χ2n) is 4.73. The monoisotopic (exact) mass is 211 g/mol. The summed E-state index contributed by atoms with van der Waals surface area (Å²) in [5.74, 6) is 1.07. The molecule has 0 aromatic carbocycles. The largest absolute Gasteiger partial charge is 0.297 e. The molecule has 0 aromatic rings. The molecule has 1 nitrogen and oxygen atoms in total. The Kier molecular flexibility index (Phi) is 5.66. The fraction of sp³-hybridized carbons (Fsp3) is 1.00. The highest BCUT2D eigenvalue weighted by Gasteiger charge is 2.38. The van der Waals surface area contributed by atoms with Crippen LogP contribution in [0.1, 0.15) is 66.2 Å². The molecule has 1 saturated heterocycles. The van der Waals surface area contributed by atoms with Crippen LogP contribution in [0.5, 0.6) is 0 Å². The van der Waals surface area contributed by atoms with E-state index in [4.69, 9.17) is 0 Å². The van der Waals surface area contributed by atoms with Gasteiger partial charge in [0.1, 0.15) is 0 Å². The van der Waals surface area contributed by atoms with Crippen molar-refractivity contribution in [2.24, 2.45) is 5.92 Å². The van der Waals surface area contributed by atoms with Gasteiger partial charge in [-0.2, -0.15) is 0 Å². The Morgan fingerprint density at radius 3 is 2.07 bits per heavy atom. The van der Waals surface area contributed by atoms with E-state index in [-0.39, 0.29) is 0 Å². The van der Waals surface area contributed by atoms with Crippen molar-refractivity contribution in [2.45, 2.75) is 78.3 Å². The van der Waals surface area contributed by atoms with Gasteiger partial charge in [-0.25, -0.2) is 0 Å². The van der Waals surface area contributed by atoms with E-state index >= 15 is 0 Å². The van der Waals surface area contributed by atoms with Crippen LogP contribution in [0.4, 0.5) is 0 Å². The molecule has 2 atom stereocenters. The fourth-order valence-corrected chi connectivity index (χ4v) is 3.23. The van der Waals surface area contributed by atoms with Crippen LogP contribution in [0.2, 0.25) is 0 Å². The summed E-state index contributed by atoms with van der Waals surface area (Å²) in [6.07, 6.45) is 8.82. The molecule has 0 N–H and O–H groups in total. The molecule has 0 spiro atoms. The second kappa shape index (κ2) is 6.52. The van der Waals surface area contributed by atoms with Crippen molar-refractivity contribution in [2.75, 3.05) is 6.54 Å². The van der Waals surface area contributed by atoms with Crippen LogP contribution in [-0.2, 0) is 0 Å². The average molecular weight is 211 g/mol. The van der Waals surface area contributed by atoms with Crippen molar-refractivity contribution < 1.29 is 0 Å². The Bertz CT molecular complexity index is 163. The van der Waals surface area contributed by atoms with Gasteiger partial charge in [0.15, 0.2) is 0 Å². The van der Waals surface area contributed by atoms with E-state index in [2.05, 4.69) is 18.7 Å². The Morgan fingerprint density at radius 1 is 1.00 bits per heavy atom. The van der Waals surface area contributed by atoms with E-state index in [0.29, 0.717) is 0 Å². The molecule has 15 heavy (non-hydrogen) atoms. The number of likely N-dealkylation sites (tertiary alicyclic amines) is 1. The number of nitrogens with zero attached hydrogens (tertiary/aromatic N) is 1. The third kappa shape index (κ3) is 2.75. The lowest BCUT2D eigenvalue weighted by atomic mass is 9.79. The normalized spacial score (nSPS) is 32.0. The standard InChI is InChI=1S/C12H23N.C2H6/c1-3-11-8-9-12(13(11)4-2)10-6-5-7-10;1-2/h10-12H,3-9H2,1-2H3;1-2H3. The van der Waals surface area contributed by atoms with Crippen molar-refractivity contribution in [1.82, 2.24) is 4.90 Å². The zero-order chi connectivity index (χ0) is 11.3. The third-order valence-corrected chi connectivity index (χ3v) is 4.22. The first kappa shape index (κ1) is 13.0. The molecule has 0 radical (unpaired) electrons. The minimum atomic E-state index is 0.913. The second-order valence-corrected chi connectivity index (χ2v) is 4.73. The zero-order valence-corrected chi connectivity index (χ0v) is 11.1. The average Bonchev–Trinajstić information content (AvgIpc) is 2.61. The van der Waals surface area contributed by atoms with E-state index in [1.54, 1.807) is 0 Å². The lowest BCUT2D eigenvalue weighted by Gasteiger charge is -2.38. The summed E-state index contributed by atoms with van der Waals surface area (Å²) < 4.78 is 0. The van der Waals surface area contributed by atoms with Crippen LogP contribution in [0.3, 0.4) is 0 Å². The molecule has 1 heterocycles. The first-order valence-electron chi connectivity index (χ1n) is 7.12. The van der Waals surface area contributed by atoms with Gasteiger partial charge in [-0.3, -0.25) is 4.90 Å². The summed E-state index contributed by atoms with van der Waals surface area (Å²) in [6, 6.07) is 1.87. The number of hydrogen-bond donors (Lipinski definition) is 0. The molecule has 0 bridgehead atoms. The summed E-state index contributed by atoms with van der Waals surface area (Å²) in [5, 5.41) is 0. The summed E-state index contributed by atoms with van der Waals surface area (Å²) in [7, 11) is 0. The fourth-order valence-electron chi connectivity index (χ4n) is 3.23. The first-order chi connectivity index (χ1) is 7.36. The lowest BCUT2D eigenvalue weighted by Crippen LogP contribution is -2.42. The summed E-state index contributed by atoms with van der Waals surface area (Å²) in [5.41, 5.74) is 0. The molecule has 1 heteroatoms. The molecule has 2 unspecified atom stereocenters. The minimum Gasteiger partial charge on any atom is -0.297 e. The van der Waals surface area contributed by atoms with Gasteiger partial charge in [-0.15, -0.1) is 0 Å². The van der Waals surface area contributed by atoms with E-state index in [0.717, 1.165) is 18.0 Å². The van der Waals surface area contributed by atoms with Crippen LogP contribution >= 0.6 is 0 Å². The van der Waals surface area contributed by atoms with Crippen molar-refractivity contribution in [3.63, 3.8) is 0 Å². The third-order valence-electron chi connectivity index (χ3n) is 4.22. The maximum atomic E-state index is 2.78. The van der Waals surface area contributed by atoms with Gasteiger partial charge in [0.05, 0.1) is 0 Å². The quantitative estimate of drug-likeness (QED) is 0.680. The maximum absolute atomic E-state index is 2.78. The highest BCUT2D eigenvalue weighted by molar-refractivity contribution is 4.92. The molecule has 2 fully saturated rings. The number of hydrogen-bond acceptors (Lipinski definition) is 1. The molecule has 90 valence electrons. The summed E-state index contributed by atoms with van der Waals surface area (Å²) in [4.78, 5) is 2.78. The molecule has 1 aliphatic heterocycles. The van der Waals surface area contributed by atoms with Gasteiger partial charge < -0.3 is 0 Å². The summed E-state index contributed by atoms with van der Waals surface area (Å²) >= 11 is 0. The molecule has 0 amide bonds. The van der Waals surface area contributed by atoms with Gasteiger partial charge in [0, 0.05) is 12.1 Å². The molecule has 0 aromatic heterocycles. The Labute approximate surface area is 96.2 Å². The highest BCUT2D eigenvalue weighted by atomic mass is 15.2. The van der Waals surface area contributed by atoms with E-state index in [1.165, 1.54) is 45.1 Å². The van der Waals surface area contributed by atoms with E-state index in [9.17, 15) is 0 Å². The smallest absolute Gasteiger partial charge is 0.0127 e. The van der Waals surface area contributed by atoms with Crippen molar-refractivity contribution in [3.8, 4) is 0 Å². The molecule has 1 saturated carbocycles. The number of rotatable bonds is 3. The van der Waals surface area contributed by atoms with Gasteiger partial charge in [0.25, 0.3) is 0 Å².